The summed E-state index contributed by atoms with van der Waals surface area (Å²) in [6.45, 7) is -3.07. The van der Waals surface area contributed by atoms with Crippen molar-refractivity contribution in [2.24, 2.45) is 0 Å². The second-order valence-corrected chi connectivity index (χ2v) is 16.0. The highest BCUT2D eigenvalue weighted by molar-refractivity contribution is 5.77. The maximum Gasteiger partial charge on any atom is 0.364 e. The van der Waals surface area contributed by atoms with Gasteiger partial charge in [-0.15, -0.1) is 0 Å². The second kappa shape index (κ2) is 24.2. The number of hydrogen-bond donors (Lipinski definition) is 19. The molecule has 0 aromatic heterocycles. The van der Waals surface area contributed by atoms with E-state index in [2.05, 4.69) is 16.0 Å². The molecule has 0 unspecified atom stereocenters. The minimum absolute atomic E-state index is 0.838. The monoisotopic (exact) mass is 967 g/mol. The fraction of sp³-hybridized carbons (Fsp3) is 0.861. The van der Waals surface area contributed by atoms with Gasteiger partial charge in [0, 0.05) is 33.6 Å². The fourth-order valence-corrected chi connectivity index (χ4v) is 7.65. The summed E-state index contributed by atoms with van der Waals surface area (Å²) in [5, 5.41) is 175. The Hall–Kier alpha value is -3.45. The van der Waals surface area contributed by atoms with Gasteiger partial charge in [-0.2, -0.15) is 0 Å². The van der Waals surface area contributed by atoms with Crippen LogP contribution in [-0.4, -0.2) is 272 Å². The third kappa shape index (κ3) is 13.2. The summed E-state index contributed by atoms with van der Waals surface area (Å²) >= 11 is 0. The highest BCUT2D eigenvalue weighted by atomic mass is 16.8. The number of aliphatic carboxylic acids is 2. The van der Waals surface area contributed by atoms with E-state index in [1.54, 1.807) is 0 Å². The molecular weight excluding hydrogens is 906 g/mol. The van der Waals surface area contributed by atoms with Crippen molar-refractivity contribution in [1.29, 1.82) is 0 Å². The third-order valence-corrected chi connectivity index (χ3v) is 11.0. The van der Waals surface area contributed by atoms with Crippen LogP contribution in [0.1, 0.15) is 33.6 Å². The molecule has 3 aliphatic heterocycles. The van der Waals surface area contributed by atoms with Crippen molar-refractivity contribution in [2.75, 3.05) is 33.0 Å². The van der Waals surface area contributed by atoms with E-state index in [1.165, 1.54) is 0 Å². The van der Waals surface area contributed by atoms with E-state index in [0.717, 1.165) is 20.8 Å². The molecule has 3 amide bonds. The Morgan fingerprint density at radius 3 is 1.64 bits per heavy atom. The van der Waals surface area contributed by atoms with Crippen molar-refractivity contribution in [2.45, 2.75) is 161 Å². The van der Waals surface area contributed by atoms with E-state index in [-0.39, 0.29) is 0 Å². The van der Waals surface area contributed by atoms with E-state index >= 15 is 0 Å². The quantitative estimate of drug-likeness (QED) is 0.0452. The van der Waals surface area contributed by atoms with Gasteiger partial charge in [0.15, 0.2) is 6.29 Å². The van der Waals surface area contributed by atoms with Crippen LogP contribution in [0, 0.1) is 0 Å². The number of ether oxygens (including phenoxy) is 6. The van der Waals surface area contributed by atoms with Gasteiger partial charge in [-0.25, -0.2) is 9.59 Å². The number of carboxylic acid groups (broad SMARTS) is 2. The van der Waals surface area contributed by atoms with Crippen molar-refractivity contribution in [3.05, 3.63) is 0 Å². The van der Waals surface area contributed by atoms with Crippen molar-refractivity contribution < 1.29 is 134 Å². The Bertz CT molecular complexity index is 1630. The predicted octanol–water partition coefficient (Wildman–Crippen LogP) is -11.3. The van der Waals surface area contributed by atoms with Crippen LogP contribution in [0.4, 0.5) is 0 Å². The molecule has 0 aromatic rings. The van der Waals surface area contributed by atoms with Gasteiger partial charge in [-0.05, 0) is 0 Å². The first kappa shape index (κ1) is 56.9. The molecule has 3 heterocycles. The zero-order chi connectivity index (χ0) is 50.2. The number of hydrogen-bond acceptors (Lipinski definition) is 25. The van der Waals surface area contributed by atoms with Crippen molar-refractivity contribution >= 4 is 29.7 Å². The second-order valence-electron chi connectivity index (χ2n) is 16.0. The standard InChI is InChI=1S/C36H61N3O27/c1-11(44)37-14(6-40)29(63-32-28(56)27(55)25(53)19(8-42)62-32)24(52)18(50)10-61-35(33(57)58)4-15(47)22(39-13(3)46)31(65-35)26(54)20(9-43)64-36(34(59)60)5-16(48)21(38-12(2)45)30(66-36)23(51)17(49)7-41/h14-32,40-43,47-56H,4-10H2,1-3H3,(H,37,44)(H,38,45)(H,39,46)(H,57,58)(H,59,60)/t14-,15-,16-,17+,18+,19+,20+,21+,22+,23+,24-,25-,26+,27-,28+,29+,30+,31+,32-,35+,36+/m0/s1. The molecule has 3 saturated heterocycles. The minimum atomic E-state index is -3.22. The lowest BCUT2D eigenvalue weighted by Gasteiger charge is -2.49. The average molecular weight is 968 g/mol. The highest BCUT2D eigenvalue weighted by Crippen LogP contribution is 2.38. The number of carbonyl (C=O) groups is 5. The van der Waals surface area contributed by atoms with Gasteiger partial charge in [-0.3, -0.25) is 14.4 Å². The number of aliphatic hydroxyl groups excluding tert-OH is 14. The van der Waals surface area contributed by atoms with Crippen LogP contribution >= 0.6 is 0 Å². The Morgan fingerprint density at radius 2 is 1.18 bits per heavy atom. The molecule has 3 fully saturated rings. The first-order chi connectivity index (χ1) is 30.7. The maximum absolute atomic E-state index is 13.0. The molecule has 30 heteroatoms. The molecule has 3 aliphatic rings. The van der Waals surface area contributed by atoms with Crippen LogP contribution in [0.25, 0.3) is 0 Å². The highest BCUT2D eigenvalue weighted by Gasteiger charge is 2.60. The molecule has 30 nitrogen and oxygen atoms in total. The molecule has 3 rings (SSSR count). The number of nitrogens with one attached hydrogen (secondary N) is 3. The minimum Gasteiger partial charge on any atom is -0.477 e. The zero-order valence-corrected chi connectivity index (χ0v) is 35.6. The summed E-state index contributed by atoms with van der Waals surface area (Å²) in [7, 11) is 0. The Labute approximate surface area is 373 Å². The molecular formula is C36H61N3O27. The first-order valence-electron chi connectivity index (χ1n) is 20.3. The van der Waals surface area contributed by atoms with E-state index in [9.17, 15) is 106 Å². The molecule has 0 aromatic carbocycles. The molecule has 66 heavy (non-hydrogen) atoms. The van der Waals surface area contributed by atoms with Crippen LogP contribution in [0.15, 0.2) is 0 Å². The summed E-state index contributed by atoms with van der Waals surface area (Å²) in [6, 6.07) is -5.23. The summed E-state index contributed by atoms with van der Waals surface area (Å²) in [5.41, 5.74) is 0. The number of carboxylic acids is 2. The summed E-state index contributed by atoms with van der Waals surface area (Å²) in [4.78, 5) is 62.0. The van der Waals surface area contributed by atoms with Crippen LogP contribution in [0.3, 0.4) is 0 Å². The Morgan fingerprint density at radius 1 is 0.667 bits per heavy atom. The summed E-state index contributed by atoms with van der Waals surface area (Å²) in [5.74, 6) is -13.3. The molecule has 19 N–H and O–H groups in total. The van der Waals surface area contributed by atoms with Crippen LogP contribution in [-0.2, 0) is 52.4 Å². The molecule has 0 saturated carbocycles. The lowest BCUT2D eigenvalue weighted by atomic mass is 9.87. The number of amides is 3. The van der Waals surface area contributed by atoms with Crippen molar-refractivity contribution in [3.8, 4) is 0 Å². The summed E-state index contributed by atoms with van der Waals surface area (Å²) < 4.78 is 32.9. The maximum atomic E-state index is 13.0. The SMILES string of the molecule is CC(=O)N[C@H]1[C@H]([C@H](O)[C@H](O)CO)O[C@@](O[C@H](CO)[C@@H](O)[C@@H]2O[C@@](OC[C@@H](O)[C@H](O)[C@H](O[C@@H]3O[C@H](CO)[C@H](O)[C@H](O)[C@H]3O)[C@H](CO)NC(C)=O)(C(=O)O)C[C@H](O)[C@H]2NC(C)=O)(C(=O)O)C[C@@H]1O. The summed E-state index contributed by atoms with van der Waals surface area (Å²) in [6.07, 6.45) is -36.6. The van der Waals surface area contributed by atoms with E-state index in [1.807, 2.05) is 0 Å². The van der Waals surface area contributed by atoms with Gasteiger partial charge in [0.25, 0.3) is 11.6 Å². The molecule has 0 aliphatic carbocycles. The molecule has 382 valence electrons. The Kier molecular flexibility index (Phi) is 20.9. The normalized spacial score (nSPS) is 36.3. The first-order valence-corrected chi connectivity index (χ1v) is 20.3. The van der Waals surface area contributed by atoms with Crippen LogP contribution in [0.2, 0.25) is 0 Å². The zero-order valence-electron chi connectivity index (χ0n) is 35.6. The molecule has 21 atom stereocenters. The van der Waals surface area contributed by atoms with E-state index < -0.39 is 203 Å². The van der Waals surface area contributed by atoms with Crippen molar-refractivity contribution in [3.63, 3.8) is 0 Å². The Balaban J connectivity index is 2.00. The molecule has 0 radical (unpaired) electrons. The van der Waals surface area contributed by atoms with Crippen LogP contribution in [0.5, 0.6) is 0 Å². The number of carbonyl (C=O) groups excluding carboxylic acids is 3. The van der Waals surface area contributed by atoms with Gasteiger partial charge in [0.2, 0.25) is 17.7 Å². The molecule has 0 spiro atoms. The smallest absolute Gasteiger partial charge is 0.364 e. The lowest BCUT2D eigenvalue weighted by molar-refractivity contribution is -0.347. The van der Waals surface area contributed by atoms with E-state index in [0.29, 0.717) is 0 Å². The van der Waals surface area contributed by atoms with Crippen molar-refractivity contribution in [1.82, 2.24) is 16.0 Å². The van der Waals surface area contributed by atoms with Gasteiger partial charge >= 0.3 is 11.9 Å². The molecule has 0 bridgehead atoms. The largest absolute Gasteiger partial charge is 0.477 e. The number of rotatable bonds is 23. The van der Waals surface area contributed by atoms with Crippen LogP contribution < -0.4 is 16.0 Å². The van der Waals surface area contributed by atoms with E-state index in [4.69, 9.17) is 28.4 Å². The third-order valence-electron chi connectivity index (χ3n) is 11.0. The fourth-order valence-electron chi connectivity index (χ4n) is 7.65. The van der Waals surface area contributed by atoms with Gasteiger partial charge in [-0.1, -0.05) is 0 Å². The predicted molar refractivity (Wildman–Crippen MR) is 205 cm³/mol. The van der Waals surface area contributed by atoms with Gasteiger partial charge in [0.1, 0.15) is 79.4 Å². The lowest BCUT2D eigenvalue weighted by Crippen LogP contribution is -2.70. The topological polar surface area (TPSA) is 500 Å². The number of aliphatic hydroxyl groups is 14. The average Bonchev–Trinajstić information content (AvgIpc) is 3.25. The van der Waals surface area contributed by atoms with Gasteiger partial charge in [0.05, 0.1) is 63.4 Å². The van der Waals surface area contributed by atoms with Gasteiger partial charge < -0.3 is 126 Å².